The van der Waals surface area contributed by atoms with Gasteiger partial charge in [-0.05, 0) is 24.3 Å². The highest BCUT2D eigenvalue weighted by Gasteiger charge is 2.10. The predicted octanol–water partition coefficient (Wildman–Crippen LogP) is 4.28. The van der Waals surface area contributed by atoms with Gasteiger partial charge in [-0.25, -0.2) is 0 Å². The number of halogens is 1. The standard InChI is InChI=1S/C16H15NO2.C3H7BrO/c1-19-9-8-17-15-5-3-2-4-13(15)14-10-12(11-18)6-7-16(14)17;1-5-3-2-4/h2-7,10-11H,8-9H2,1H3;2-3H2,1H3. The average molecular weight is 392 g/mol. The molecule has 0 aliphatic heterocycles. The van der Waals surface area contributed by atoms with E-state index in [1.807, 2.05) is 30.3 Å². The molecule has 1 heterocycles. The summed E-state index contributed by atoms with van der Waals surface area (Å²) in [5.41, 5.74) is 3.03. The summed E-state index contributed by atoms with van der Waals surface area (Å²) in [7, 11) is 3.39. The van der Waals surface area contributed by atoms with Gasteiger partial charge in [-0.1, -0.05) is 34.1 Å². The maximum Gasteiger partial charge on any atom is 0.150 e. The first-order valence-electron chi connectivity index (χ1n) is 7.76. The fourth-order valence-corrected chi connectivity index (χ4v) is 2.97. The summed E-state index contributed by atoms with van der Waals surface area (Å²) >= 11 is 3.18. The van der Waals surface area contributed by atoms with Crippen molar-refractivity contribution < 1.29 is 14.3 Å². The Morgan fingerprint density at radius 3 is 2.33 bits per heavy atom. The predicted molar refractivity (Wildman–Crippen MR) is 102 cm³/mol. The van der Waals surface area contributed by atoms with Gasteiger partial charge in [0, 0.05) is 53.5 Å². The number of ether oxygens (including phenoxy) is 2. The minimum absolute atomic E-state index is 0.670. The Hall–Kier alpha value is -1.69. The molecular formula is C19H22BrNO3. The van der Waals surface area contributed by atoms with Crippen molar-refractivity contribution in [2.45, 2.75) is 6.54 Å². The smallest absolute Gasteiger partial charge is 0.150 e. The van der Waals surface area contributed by atoms with Crippen molar-refractivity contribution >= 4 is 44.0 Å². The van der Waals surface area contributed by atoms with E-state index < -0.39 is 0 Å². The summed E-state index contributed by atoms with van der Waals surface area (Å²) < 4.78 is 12.1. The van der Waals surface area contributed by atoms with Crippen LogP contribution in [-0.2, 0) is 16.0 Å². The number of fused-ring (bicyclic) bond motifs is 3. The number of hydrogen-bond donors (Lipinski definition) is 0. The van der Waals surface area contributed by atoms with Gasteiger partial charge in [-0.15, -0.1) is 0 Å². The molecule has 0 aliphatic rings. The van der Waals surface area contributed by atoms with Gasteiger partial charge in [-0.3, -0.25) is 4.79 Å². The van der Waals surface area contributed by atoms with Crippen LogP contribution < -0.4 is 0 Å². The van der Waals surface area contributed by atoms with Crippen LogP contribution in [-0.4, -0.2) is 43.6 Å². The van der Waals surface area contributed by atoms with Gasteiger partial charge < -0.3 is 14.0 Å². The maximum absolute atomic E-state index is 10.9. The zero-order valence-electron chi connectivity index (χ0n) is 14.0. The summed E-state index contributed by atoms with van der Waals surface area (Å²) in [6.45, 7) is 2.28. The molecule has 2 aromatic carbocycles. The van der Waals surface area contributed by atoms with Crippen molar-refractivity contribution in [3.63, 3.8) is 0 Å². The van der Waals surface area contributed by atoms with Gasteiger partial charge in [-0.2, -0.15) is 0 Å². The molecule has 0 radical (unpaired) electrons. The first-order valence-corrected chi connectivity index (χ1v) is 8.89. The molecule has 3 rings (SSSR count). The molecule has 24 heavy (non-hydrogen) atoms. The molecular weight excluding hydrogens is 370 g/mol. The van der Waals surface area contributed by atoms with E-state index in [0.29, 0.717) is 12.2 Å². The summed E-state index contributed by atoms with van der Waals surface area (Å²) in [4.78, 5) is 10.9. The van der Waals surface area contributed by atoms with Crippen LogP contribution in [0, 0.1) is 0 Å². The number of rotatable bonds is 6. The van der Waals surface area contributed by atoms with Gasteiger partial charge in [0.05, 0.1) is 13.2 Å². The van der Waals surface area contributed by atoms with Crippen LogP contribution in [0.4, 0.5) is 0 Å². The van der Waals surface area contributed by atoms with E-state index in [0.717, 1.165) is 35.7 Å². The number of hydrogen-bond acceptors (Lipinski definition) is 3. The van der Waals surface area contributed by atoms with E-state index in [1.54, 1.807) is 14.2 Å². The molecule has 3 aromatic rings. The van der Waals surface area contributed by atoms with E-state index in [-0.39, 0.29) is 0 Å². The second-order valence-corrected chi connectivity index (χ2v) is 6.03. The lowest BCUT2D eigenvalue weighted by Crippen LogP contribution is -2.03. The second kappa shape index (κ2) is 9.57. The van der Waals surface area contributed by atoms with Crippen LogP contribution >= 0.6 is 15.9 Å². The summed E-state index contributed by atoms with van der Waals surface area (Å²) in [5.74, 6) is 0. The van der Waals surface area contributed by atoms with E-state index in [2.05, 4.69) is 37.4 Å². The van der Waals surface area contributed by atoms with Gasteiger partial charge in [0.1, 0.15) is 6.29 Å². The van der Waals surface area contributed by atoms with Crippen LogP contribution in [0.25, 0.3) is 21.8 Å². The van der Waals surface area contributed by atoms with Crippen molar-refractivity contribution in [1.82, 2.24) is 4.57 Å². The first-order chi connectivity index (χ1) is 11.8. The Morgan fingerprint density at radius 2 is 1.71 bits per heavy atom. The molecule has 0 amide bonds. The third-order valence-electron chi connectivity index (χ3n) is 3.73. The Balaban J connectivity index is 0.000000368. The molecule has 4 nitrogen and oxygen atoms in total. The number of alkyl halides is 1. The van der Waals surface area contributed by atoms with Crippen LogP contribution in [0.3, 0.4) is 0 Å². The van der Waals surface area contributed by atoms with E-state index in [1.165, 1.54) is 10.9 Å². The highest BCUT2D eigenvalue weighted by molar-refractivity contribution is 9.09. The normalized spacial score (nSPS) is 10.6. The quantitative estimate of drug-likeness (QED) is 0.465. The Bertz CT molecular complexity index is 796. The minimum atomic E-state index is 0.670. The lowest BCUT2D eigenvalue weighted by atomic mass is 10.1. The molecule has 0 N–H and O–H groups in total. The molecule has 0 unspecified atom stereocenters. The molecule has 0 atom stereocenters. The fraction of sp³-hybridized carbons (Fsp3) is 0.316. The average Bonchev–Trinajstić information content (AvgIpc) is 2.94. The highest BCUT2D eigenvalue weighted by atomic mass is 79.9. The van der Waals surface area contributed by atoms with Crippen molar-refractivity contribution in [1.29, 1.82) is 0 Å². The van der Waals surface area contributed by atoms with E-state index in [9.17, 15) is 4.79 Å². The molecule has 0 aliphatic carbocycles. The molecule has 0 fully saturated rings. The van der Waals surface area contributed by atoms with Crippen molar-refractivity contribution in [3.8, 4) is 0 Å². The number of carbonyl (C=O) groups excluding carboxylic acids is 1. The van der Waals surface area contributed by atoms with Crippen molar-refractivity contribution in [2.24, 2.45) is 0 Å². The third kappa shape index (κ3) is 4.23. The third-order valence-corrected chi connectivity index (χ3v) is 4.06. The number of aldehydes is 1. The van der Waals surface area contributed by atoms with Gasteiger partial charge in [0.15, 0.2) is 0 Å². The Labute approximate surface area is 150 Å². The van der Waals surface area contributed by atoms with Crippen molar-refractivity contribution in [2.75, 3.05) is 32.8 Å². The highest BCUT2D eigenvalue weighted by Crippen LogP contribution is 2.29. The fourth-order valence-electron chi connectivity index (χ4n) is 2.65. The number of para-hydroxylation sites is 1. The van der Waals surface area contributed by atoms with E-state index >= 15 is 0 Å². The molecule has 1 aromatic heterocycles. The van der Waals surface area contributed by atoms with Crippen molar-refractivity contribution in [3.05, 3.63) is 48.0 Å². The minimum Gasteiger partial charge on any atom is -0.384 e. The topological polar surface area (TPSA) is 40.5 Å². The van der Waals surface area contributed by atoms with Gasteiger partial charge in [0.25, 0.3) is 0 Å². The van der Waals surface area contributed by atoms with Crippen LogP contribution in [0.2, 0.25) is 0 Å². The molecule has 0 bridgehead atoms. The Morgan fingerprint density at radius 1 is 1.00 bits per heavy atom. The van der Waals surface area contributed by atoms with Gasteiger partial charge in [0.2, 0.25) is 0 Å². The largest absolute Gasteiger partial charge is 0.384 e. The number of methoxy groups -OCH3 is 2. The number of carbonyl (C=O) groups is 1. The number of aromatic nitrogens is 1. The zero-order valence-corrected chi connectivity index (χ0v) is 15.6. The monoisotopic (exact) mass is 391 g/mol. The summed E-state index contributed by atoms with van der Waals surface area (Å²) in [6, 6.07) is 14.1. The summed E-state index contributed by atoms with van der Waals surface area (Å²) in [5, 5.41) is 3.23. The van der Waals surface area contributed by atoms with Crippen LogP contribution in [0.5, 0.6) is 0 Å². The lowest BCUT2D eigenvalue weighted by Gasteiger charge is -2.06. The Kier molecular flexibility index (Phi) is 7.43. The van der Waals surface area contributed by atoms with E-state index in [4.69, 9.17) is 4.74 Å². The van der Waals surface area contributed by atoms with Crippen LogP contribution in [0.1, 0.15) is 10.4 Å². The molecule has 5 heteroatoms. The SMILES string of the molecule is COCCBr.COCCn1c2ccccc2c2cc(C=O)ccc21. The van der Waals surface area contributed by atoms with Gasteiger partial charge >= 0.3 is 0 Å². The first kappa shape index (κ1) is 18.6. The molecule has 0 saturated heterocycles. The second-order valence-electron chi connectivity index (χ2n) is 5.24. The molecule has 0 spiro atoms. The lowest BCUT2D eigenvalue weighted by molar-refractivity contribution is 0.112. The zero-order chi connectivity index (χ0) is 17.4. The number of nitrogens with zero attached hydrogens (tertiary/aromatic N) is 1. The molecule has 0 saturated carbocycles. The summed E-state index contributed by atoms with van der Waals surface area (Å²) in [6.07, 6.45) is 0.890. The maximum atomic E-state index is 10.9. The van der Waals surface area contributed by atoms with Crippen LogP contribution in [0.15, 0.2) is 42.5 Å². The molecule has 128 valence electrons. The number of benzene rings is 2.